The van der Waals surface area contributed by atoms with Crippen molar-refractivity contribution in [2.45, 2.75) is 6.92 Å². The van der Waals surface area contributed by atoms with Crippen LogP contribution in [0.2, 0.25) is 0 Å². The van der Waals surface area contributed by atoms with Crippen LogP contribution in [0.15, 0.2) is 60.7 Å². The zero-order chi connectivity index (χ0) is 16.7. The molecule has 2 aromatic rings. The lowest BCUT2D eigenvalue weighted by Crippen LogP contribution is -2.21. The number of benzene rings is 2. The molecule has 0 aromatic heterocycles. The summed E-state index contributed by atoms with van der Waals surface area (Å²) in [5.41, 5.74) is 3.69. The van der Waals surface area contributed by atoms with E-state index in [9.17, 15) is 4.79 Å². The third-order valence-corrected chi connectivity index (χ3v) is 3.59. The number of hydrogen-bond acceptors (Lipinski definition) is 3. The minimum Gasteiger partial charge on any atom is -0.395 e. The Morgan fingerprint density at radius 3 is 2.39 bits per heavy atom. The first kappa shape index (κ1) is 16.8. The van der Waals surface area contributed by atoms with Crippen LogP contribution >= 0.6 is 0 Å². The van der Waals surface area contributed by atoms with E-state index >= 15 is 0 Å². The van der Waals surface area contributed by atoms with E-state index in [1.165, 1.54) is 0 Å². The highest BCUT2D eigenvalue weighted by Crippen LogP contribution is 2.17. The van der Waals surface area contributed by atoms with E-state index in [4.69, 9.17) is 5.11 Å². The topological polar surface area (TPSA) is 52.6 Å². The molecule has 2 rings (SSSR count). The van der Waals surface area contributed by atoms with Crippen molar-refractivity contribution in [2.24, 2.45) is 0 Å². The summed E-state index contributed by atoms with van der Waals surface area (Å²) >= 11 is 0. The summed E-state index contributed by atoms with van der Waals surface area (Å²) in [6.45, 7) is 2.60. The molecule has 0 saturated carbocycles. The van der Waals surface area contributed by atoms with Gasteiger partial charge < -0.3 is 15.3 Å². The third-order valence-electron chi connectivity index (χ3n) is 3.59. The number of hydrogen-bond donors (Lipinski definition) is 2. The number of carbonyl (C=O) groups is 1. The first-order valence-corrected chi connectivity index (χ1v) is 7.57. The maximum absolute atomic E-state index is 12.1. The molecule has 4 nitrogen and oxygen atoms in total. The second-order valence-electron chi connectivity index (χ2n) is 5.37. The number of carbonyl (C=O) groups excluding carboxylic acids is 1. The number of nitrogens with zero attached hydrogens (tertiary/aromatic N) is 1. The zero-order valence-corrected chi connectivity index (χ0v) is 13.5. The number of aliphatic hydroxyl groups is 1. The molecule has 4 heteroatoms. The average Bonchev–Trinajstić information content (AvgIpc) is 2.56. The van der Waals surface area contributed by atoms with E-state index < -0.39 is 0 Å². The van der Waals surface area contributed by atoms with Gasteiger partial charge in [-0.3, -0.25) is 4.79 Å². The molecule has 0 radical (unpaired) electrons. The van der Waals surface area contributed by atoms with Gasteiger partial charge in [-0.2, -0.15) is 0 Å². The average molecular weight is 310 g/mol. The van der Waals surface area contributed by atoms with Gasteiger partial charge in [0.05, 0.1) is 6.61 Å². The van der Waals surface area contributed by atoms with E-state index in [-0.39, 0.29) is 12.5 Å². The number of amides is 1. The molecule has 0 unspecified atom stereocenters. The van der Waals surface area contributed by atoms with Gasteiger partial charge in [-0.05, 0) is 42.3 Å². The standard InChI is InChI=1S/C19H22N2O2/c1-15(16-6-4-3-5-7-16)14-19(23)20-17-8-10-18(11-9-17)21(2)12-13-22/h3-11,14,22H,12-13H2,1-2H3,(H,20,23)/b15-14-. The summed E-state index contributed by atoms with van der Waals surface area (Å²) in [5.74, 6) is -0.150. The predicted molar refractivity (Wildman–Crippen MR) is 95.5 cm³/mol. The number of rotatable bonds is 6. The van der Waals surface area contributed by atoms with Gasteiger partial charge in [-0.15, -0.1) is 0 Å². The van der Waals surface area contributed by atoms with Crippen LogP contribution in [0.3, 0.4) is 0 Å². The summed E-state index contributed by atoms with van der Waals surface area (Å²) in [6.07, 6.45) is 1.60. The van der Waals surface area contributed by atoms with Crippen molar-refractivity contribution in [1.82, 2.24) is 0 Å². The quantitative estimate of drug-likeness (QED) is 0.806. The van der Waals surface area contributed by atoms with Crippen LogP contribution in [0.4, 0.5) is 11.4 Å². The van der Waals surface area contributed by atoms with Gasteiger partial charge in [0, 0.05) is 31.0 Å². The molecule has 0 atom stereocenters. The van der Waals surface area contributed by atoms with E-state index in [0.717, 1.165) is 22.5 Å². The molecule has 0 aliphatic rings. The van der Waals surface area contributed by atoms with Crippen molar-refractivity contribution in [3.63, 3.8) is 0 Å². The fourth-order valence-electron chi connectivity index (χ4n) is 2.24. The highest BCUT2D eigenvalue weighted by atomic mass is 16.3. The number of allylic oxidation sites excluding steroid dienone is 1. The summed E-state index contributed by atoms with van der Waals surface area (Å²) in [7, 11) is 1.91. The second-order valence-corrected chi connectivity index (χ2v) is 5.37. The maximum Gasteiger partial charge on any atom is 0.248 e. The van der Waals surface area contributed by atoms with Crippen molar-refractivity contribution < 1.29 is 9.90 Å². The fraction of sp³-hybridized carbons (Fsp3) is 0.211. The summed E-state index contributed by atoms with van der Waals surface area (Å²) < 4.78 is 0. The first-order valence-electron chi connectivity index (χ1n) is 7.57. The fourth-order valence-corrected chi connectivity index (χ4v) is 2.24. The van der Waals surface area contributed by atoms with Crippen molar-refractivity contribution in [2.75, 3.05) is 30.4 Å². The third kappa shape index (κ3) is 4.97. The van der Waals surface area contributed by atoms with Gasteiger partial charge in [0.1, 0.15) is 0 Å². The predicted octanol–water partition coefficient (Wildman–Crippen LogP) is 3.16. The SMILES string of the molecule is C/C(=C/C(=O)Nc1ccc(N(C)CCO)cc1)c1ccccc1. The highest BCUT2D eigenvalue weighted by molar-refractivity contribution is 6.03. The van der Waals surface area contributed by atoms with Gasteiger partial charge in [-0.25, -0.2) is 0 Å². The molecule has 120 valence electrons. The molecule has 0 aliphatic heterocycles. The van der Waals surface area contributed by atoms with Gasteiger partial charge in [-0.1, -0.05) is 30.3 Å². The minimum atomic E-state index is -0.150. The molecule has 0 aliphatic carbocycles. The Morgan fingerprint density at radius 2 is 1.78 bits per heavy atom. The molecule has 2 aromatic carbocycles. The first-order chi connectivity index (χ1) is 11.1. The Hall–Kier alpha value is -2.59. The lowest BCUT2D eigenvalue weighted by molar-refractivity contribution is -0.111. The molecule has 1 amide bonds. The number of anilines is 2. The van der Waals surface area contributed by atoms with Crippen molar-refractivity contribution in [3.8, 4) is 0 Å². The summed E-state index contributed by atoms with van der Waals surface area (Å²) in [5, 5.41) is 11.8. The lowest BCUT2D eigenvalue weighted by atomic mass is 10.1. The molecule has 23 heavy (non-hydrogen) atoms. The number of likely N-dealkylation sites (N-methyl/N-ethyl adjacent to an activating group) is 1. The normalized spacial score (nSPS) is 11.2. The molecule has 0 saturated heterocycles. The van der Waals surface area contributed by atoms with Gasteiger partial charge >= 0.3 is 0 Å². The molecule has 0 fully saturated rings. The monoisotopic (exact) mass is 310 g/mol. The van der Waals surface area contributed by atoms with Crippen molar-refractivity contribution in [1.29, 1.82) is 0 Å². The Balaban J connectivity index is 2.00. The van der Waals surface area contributed by atoms with Crippen LogP contribution in [-0.4, -0.2) is 31.2 Å². The molecule has 2 N–H and O–H groups in total. The van der Waals surface area contributed by atoms with Crippen LogP contribution < -0.4 is 10.2 Å². The zero-order valence-electron chi connectivity index (χ0n) is 13.5. The molecular formula is C19H22N2O2. The largest absolute Gasteiger partial charge is 0.395 e. The number of nitrogens with one attached hydrogen (secondary N) is 1. The Bertz CT molecular complexity index is 664. The van der Waals surface area contributed by atoms with Crippen LogP contribution in [-0.2, 0) is 4.79 Å². The minimum absolute atomic E-state index is 0.110. The van der Waals surface area contributed by atoms with E-state index in [1.807, 2.05) is 73.5 Å². The summed E-state index contributed by atoms with van der Waals surface area (Å²) in [6, 6.07) is 17.3. The van der Waals surface area contributed by atoms with Crippen molar-refractivity contribution >= 4 is 22.9 Å². The van der Waals surface area contributed by atoms with Crippen LogP contribution in [0.25, 0.3) is 5.57 Å². The smallest absolute Gasteiger partial charge is 0.248 e. The number of aliphatic hydroxyl groups excluding tert-OH is 1. The van der Waals surface area contributed by atoms with Crippen LogP contribution in [0, 0.1) is 0 Å². The van der Waals surface area contributed by atoms with Crippen molar-refractivity contribution in [3.05, 3.63) is 66.2 Å². The Morgan fingerprint density at radius 1 is 1.13 bits per heavy atom. The maximum atomic E-state index is 12.1. The van der Waals surface area contributed by atoms with Gasteiger partial charge in [0.15, 0.2) is 0 Å². The molecule has 0 spiro atoms. The van der Waals surface area contributed by atoms with E-state index in [2.05, 4.69) is 5.32 Å². The van der Waals surface area contributed by atoms with E-state index in [1.54, 1.807) is 6.08 Å². The Labute approximate surface area is 137 Å². The van der Waals surface area contributed by atoms with E-state index in [0.29, 0.717) is 6.54 Å². The highest BCUT2D eigenvalue weighted by Gasteiger charge is 2.03. The lowest BCUT2D eigenvalue weighted by Gasteiger charge is -2.18. The molecular weight excluding hydrogens is 288 g/mol. The molecule has 0 bridgehead atoms. The Kier molecular flexibility index (Phi) is 5.94. The van der Waals surface area contributed by atoms with Crippen LogP contribution in [0.1, 0.15) is 12.5 Å². The summed E-state index contributed by atoms with van der Waals surface area (Å²) in [4.78, 5) is 14.0. The van der Waals surface area contributed by atoms with Gasteiger partial charge in [0.25, 0.3) is 0 Å². The van der Waals surface area contributed by atoms with Gasteiger partial charge in [0.2, 0.25) is 5.91 Å². The molecule has 0 heterocycles. The second kappa shape index (κ2) is 8.15. The van der Waals surface area contributed by atoms with Crippen LogP contribution in [0.5, 0.6) is 0 Å².